The van der Waals surface area contributed by atoms with Crippen LogP contribution in [0.25, 0.3) is 0 Å². The molecule has 1 amide bonds. The molecule has 0 bridgehead atoms. The summed E-state index contributed by atoms with van der Waals surface area (Å²) in [6.07, 6.45) is 2.48. The number of ether oxygens (including phenoxy) is 1. The van der Waals surface area contributed by atoms with Gasteiger partial charge in [0, 0.05) is 13.1 Å². The summed E-state index contributed by atoms with van der Waals surface area (Å²) >= 11 is 0. The van der Waals surface area contributed by atoms with Gasteiger partial charge in [0.2, 0.25) is 0 Å². The van der Waals surface area contributed by atoms with E-state index in [0.717, 1.165) is 0 Å². The first-order chi connectivity index (χ1) is 8.63. The molecule has 0 spiro atoms. The quantitative estimate of drug-likeness (QED) is 0.800. The molecule has 1 aliphatic rings. The zero-order chi connectivity index (χ0) is 13.1. The second-order valence-electron chi connectivity index (χ2n) is 3.83. The summed E-state index contributed by atoms with van der Waals surface area (Å²) < 4.78 is 6.65. The number of fused-ring (bicyclic) bond motifs is 1. The summed E-state index contributed by atoms with van der Waals surface area (Å²) in [5.74, 6) is -1.09. The van der Waals surface area contributed by atoms with Crippen molar-refractivity contribution in [3.8, 4) is 0 Å². The van der Waals surface area contributed by atoms with E-state index in [1.807, 2.05) is 0 Å². The van der Waals surface area contributed by atoms with Gasteiger partial charge in [0.25, 0.3) is 0 Å². The molecule has 1 aromatic heterocycles. The van der Waals surface area contributed by atoms with Crippen molar-refractivity contribution in [1.82, 2.24) is 14.5 Å². The molecule has 2 heterocycles. The maximum Gasteiger partial charge on any atom is 0.410 e. The fraction of sp³-hybridized carbons (Fsp3) is 0.364. The molecule has 0 radical (unpaired) electrons. The van der Waals surface area contributed by atoms with E-state index in [1.54, 1.807) is 4.57 Å². The van der Waals surface area contributed by atoms with Crippen LogP contribution in [0, 0.1) is 0 Å². The van der Waals surface area contributed by atoms with Gasteiger partial charge in [-0.2, -0.15) is 0 Å². The average Bonchev–Trinajstić information content (AvgIpc) is 2.78. The third-order valence-electron chi connectivity index (χ3n) is 2.68. The molecule has 7 heteroatoms. The lowest BCUT2D eigenvalue weighted by Gasteiger charge is -2.27. The Morgan fingerprint density at radius 1 is 1.56 bits per heavy atom. The minimum atomic E-state index is -1.09. The number of nitrogens with zero attached hydrogens (tertiary/aromatic N) is 3. The van der Waals surface area contributed by atoms with Crippen LogP contribution in [0.5, 0.6) is 0 Å². The smallest absolute Gasteiger partial charge is 0.410 e. The molecule has 0 saturated heterocycles. The number of carbonyl (C=O) groups excluding carboxylic acids is 1. The van der Waals surface area contributed by atoms with E-state index in [-0.39, 0.29) is 18.8 Å². The number of carboxylic acids is 1. The maximum absolute atomic E-state index is 11.6. The van der Waals surface area contributed by atoms with E-state index >= 15 is 0 Å². The lowest BCUT2D eigenvalue weighted by Crippen LogP contribution is -2.38. The van der Waals surface area contributed by atoms with Crippen molar-refractivity contribution in [2.75, 3.05) is 13.2 Å². The molecule has 0 fully saturated rings. The van der Waals surface area contributed by atoms with Crippen LogP contribution in [0.15, 0.2) is 19.0 Å². The fourth-order valence-electron chi connectivity index (χ4n) is 1.81. The van der Waals surface area contributed by atoms with Gasteiger partial charge in [-0.1, -0.05) is 12.7 Å². The van der Waals surface area contributed by atoms with Gasteiger partial charge >= 0.3 is 12.1 Å². The van der Waals surface area contributed by atoms with Crippen LogP contribution >= 0.6 is 0 Å². The molecule has 0 aromatic carbocycles. The van der Waals surface area contributed by atoms with Gasteiger partial charge in [-0.05, 0) is 0 Å². The van der Waals surface area contributed by atoms with E-state index in [4.69, 9.17) is 9.84 Å². The lowest BCUT2D eigenvalue weighted by atomic mass is 10.2. The van der Waals surface area contributed by atoms with Crippen molar-refractivity contribution in [3.05, 3.63) is 30.4 Å². The molecule has 0 atom stereocenters. The number of imidazole rings is 1. The summed E-state index contributed by atoms with van der Waals surface area (Å²) in [5.41, 5.74) is 0.500. The molecular weight excluding hydrogens is 238 g/mol. The molecule has 2 rings (SSSR count). The predicted molar refractivity (Wildman–Crippen MR) is 61.1 cm³/mol. The highest BCUT2D eigenvalue weighted by molar-refractivity contribution is 5.86. The van der Waals surface area contributed by atoms with Crippen LogP contribution in [0.2, 0.25) is 0 Å². The van der Waals surface area contributed by atoms with Gasteiger partial charge in [-0.3, -0.25) is 0 Å². The minimum absolute atomic E-state index is 0.0174. The number of carboxylic acid groups (broad SMARTS) is 1. The first-order valence-corrected chi connectivity index (χ1v) is 5.43. The standard InChI is InChI=1S/C11H13N3O4/c1-2-5-18-11(17)13-3-4-14-7-12-9(10(15)16)8(14)6-13/h2,7H,1,3-6H2,(H,15,16). The second-order valence-corrected chi connectivity index (χ2v) is 3.83. The molecule has 96 valence electrons. The highest BCUT2D eigenvalue weighted by Crippen LogP contribution is 2.16. The Balaban J connectivity index is 2.13. The van der Waals surface area contributed by atoms with Crippen molar-refractivity contribution in [2.45, 2.75) is 13.1 Å². The number of amides is 1. The van der Waals surface area contributed by atoms with Gasteiger partial charge in [-0.15, -0.1) is 0 Å². The van der Waals surface area contributed by atoms with Crippen molar-refractivity contribution in [2.24, 2.45) is 0 Å². The van der Waals surface area contributed by atoms with Gasteiger partial charge < -0.3 is 19.3 Å². The molecule has 7 nitrogen and oxygen atoms in total. The van der Waals surface area contributed by atoms with Crippen LogP contribution in [-0.4, -0.2) is 44.8 Å². The number of aromatic nitrogens is 2. The topological polar surface area (TPSA) is 84.7 Å². The Morgan fingerprint density at radius 3 is 3.00 bits per heavy atom. The number of hydrogen-bond acceptors (Lipinski definition) is 4. The minimum Gasteiger partial charge on any atom is -0.476 e. The summed E-state index contributed by atoms with van der Waals surface area (Å²) in [4.78, 5) is 27.9. The number of carbonyl (C=O) groups is 2. The third kappa shape index (κ3) is 2.20. The van der Waals surface area contributed by atoms with E-state index in [2.05, 4.69) is 11.6 Å². The highest BCUT2D eigenvalue weighted by atomic mass is 16.6. The van der Waals surface area contributed by atoms with Crippen LogP contribution in [0.4, 0.5) is 4.79 Å². The SMILES string of the molecule is C=CCOC(=O)N1CCn2cnc(C(=O)O)c2C1. The van der Waals surface area contributed by atoms with Gasteiger partial charge in [-0.25, -0.2) is 14.6 Å². The van der Waals surface area contributed by atoms with Crippen molar-refractivity contribution in [3.63, 3.8) is 0 Å². The summed E-state index contributed by atoms with van der Waals surface area (Å²) in [6, 6.07) is 0. The Hall–Kier alpha value is -2.31. The fourth-order valence-corrected chi connectivity index (χ4v) is 1.81. The normalized spacial score (nSPS) is 13.9. The molecular formula is C11H13N3O4. The Bertz CT molecular complexity index is 494. The molecule has 18 heavy (non-hydrogen) atoms. The zero-order valence-corrected chi connectivity index (χ0v) is 9.70. The van der Waals surface area contributed by atoms with Crippen molar-refractivity contribution < 1.29 is 19.4 Å². The van der Waals surface area contributed by atoms with Crippen LogP contribution in [-0.2, 0) is 17.8 Å². The molecule has 0 saturated carbocycles. The number of hydrogen-bond donors (Lipinski definition) is 1. The van der Waals surface area contributed by atoms with Crippen LogP contribution in [0.3, 0.4) is 0 Å². The van der Waals surface area contributed by atoms with Crippen molar-refractivity contribution >= 4 is 12.1 Å². The van der Waals surface area contributed by atoms with Gasteiger partial charge in [0.15, 0.2) is 5.69 Å². The molecule has 1 aliphatic heterocycles. The first kappa shape index (κ1) is 12.2. The molecule has 0 aliphatic carbocycles. The van der Waals surface area contributed by atoms with E-state index < -0.39 is 12.1 Å². The monoisotopic (exact) mass is 251 g/mol. The molecule has 0 unspecified atom stereocenters. The average molecular weight is 251 g/mol. The summed E-state index contributed by atoms with van der Waals surface area (Å²) in [7, 11) is 0. The van der Waals surface area contributed by atoms with E-state index in [0.29, 0.717) is 18.8 Å². The van der Waals surface area contributed by atoms with Crippen molar-refractivity contribution in [1.29, 1.82) is 0 Å². The maximum atomic E-state index is 11.6. The summed E-state index contributed by atoms with van der Waals surface area (Å²) in [5, 5.41) is 8.97. The molecule has 1 N–H and O–H groups in total. The second kappa shape index (κ2) is 4.91. The van der Waals surface area contributed by atoms with Gasteiger partial charge in [0.1, 0.15) is 6.61 Å². The third-order valence-corrected chi connectivity index (χ3v) is 2.68. The first-order valence-electron chi connectivity index (χ1n) is 5.43. The van der Waals surface area contributed by atoms with Gasteiger partial charge in [0.05, 0.1) is 18.6 Å². The predicted octanol–water partition coefficient (Wildman–Crippen LogP) is 0.720. The Morgan fingerprint density at radius 2 is 2.33 bits per heavy atom. The Kier molecular flexibility index (Phi) is 3.31. The number of rotatable bonds is 3. The number of aromatic carboxylic acids is 1. The summed E-state index contributed by atoms with van der Waals surface area (Å²) in [6.45, 7) is 4.77. The lowest BCUT2D eigenvalue weighted by molar-refractivity contribution is 0.0683. The molecule has 1 aromatic rings. The van der Waals surface area contributed by atoms with E-state index in [9.17, 15) is 9.59 Å². The van der Waals surface area contributed by atoms with Crippen LogP contribution in [0.1, 0.15) is 16.2 Å². The van der Waals surface area contributed by atoms with E-state index in [1.165, 1.54) is 17.3 Å². The zero-order valence-electron chi connectivity index (χ0n) is 9.70. The van der Waals surface area contributed by atoms with Crippen LogP contribution < -0.4 is 0 Å². The highest BCUT2D eigenvalue weighted by Gasteiger charge is 2.26. The largest absolute Gasteiger partial charge is 0.476 e. The Labute approximate surface area is 103 Å².